The van der Waals surface area contributed by atoms with Crippen LogP contribution in [0.4, 0.5) is 4.39 Å². The summed E-state index contributed by atoms with van der Waals surface area (Å²) < 4.78 is 23.2. The zero-order valence-corrected chi connectivity index (χ0v) is 10.1. The van der Waals surface area contributed by atoms with Crippen LogP contribution in [0.1, 0.15) is 32.4 Å². The van der Waals surface area contributed by atoms with Gasteiger partial charge in [0.25, 0.3) is 0 Å². The summed E-state index contributed by atoms with van der Waals surface area (Å²) in [5, 5.41) is 0. The number of carbonyl (C=O) groups is 1. The number of esters is 1. The van der Waals surface area contributed by atoms with Crippen molar-refractivity contribution in [3.63, 3.8) is 0 Å². The number of benzene rings is 1. The second-order valence-corrected chi connectivity index (χ2v) is 5.06. The van der Waals surface area contributed by atoms with Gasteiger partial charge >= 0.3 is 5.97 Å². The molecule has 1 aromatic carbocycles. The molecule has 1 fully saturated rings. The van der Waals surface area contributed by atoms with Gasteiger partial charge in [-0.05, 0) is 38.5 Å². The predicted octanol–water partition coefficient (Wildman–Crippen LogP) is 2.61. The smallest absolute Gasteiger partial charge is 0.338 e. The number of rotatable bonds is 2. The molecule has 0 bridgehead atoms. The largest absolute Gasteiger partial charge is 0.458 e. The molecule has 3 nitrogen and oxygen atoms in total. The summed E-state index contributed by atoms with van der Waals surface area (Å²) in [6.45, 7) is 5.42. The highest BCUT2D eigenvalue weighted by molar-refractivity contribution is 5.78. The zero-order valence-electron chi connectivity index (χ0n) is 10.1. The summed E-state index contributed by atoms with van der Waals surface area (Å²) in [6, 6.07) is 5.93. The summed E-state index contributed by atoms with van der Waals surface area (Å²) in [4.78, 5) is 11.7. The first-order valence-corrected chi connectivity index (χ1v) is 5.50. The van der Waals surface area contributed by atoms with Crippen molar-refractivity contribution in [2.45, 2.75) is 38.6 Å². The number of ether oxygens (including phenoxy) is 2. The van der Waals surface area contributed by atoms with Crippen LogP contribution in [-0.2, 0) is 14.3 Å². The Hall–Kier alpha value is -1.42. The quantitative estimate of drug-likeness (QED) is 0.587. The number of hydrogen-bond acceptors (Lipinski definition) is 3. The van der Waals surface area contributed by atoms with E-state index >= 15 is 0 Å². The van der Waals surface area contributed by atoms with Crippen LogP contribution in [0.3, 0.4) is 0 Å². The normalized spacial score (nSPS) is 23.3. The van der Waals surface area contributed by atoms with Crippen molar-refractivity contribution in [2.24, 2.45) is 0 Å². The van der Waals surface area contributed by atoms with Crippen molar-refractivity contribution in [1.82, 2.24) is 0 Å². The Morgan fingerprint density at radius 3 is 2.41 bits per heavy atom. The minimum atomic E-state index is -0.556. The van der Waals surface area contributed by atoms with Gasteiger partial charge in [0.05, 0.1) is 0 Å². The summed E-state index contributed by atoms with van der Waals surface area (Å²) in [6.07, 6.45) is -0.856. The van der Waals surface area contributed by atoms with Gasteiger partial charge in [-0.25, -0.2) is 9.18 Å². The van der Waals surface area contributed by atoms with Crippen LogP contribution in [-0.4, -0.2) is 17.7 Å². The van der Waals surface area contributed by atoms with Gasteiger partial charge in [-0.2, -0.15) is 0 Å². The molecular weight excluding hydrogens is 223 g/mol. The van der Waals surface area contributed by atoms with Gasteiger partial charge in [0.2, 0.25) is 0 Å². The van der Waals surface area contributed by atoms with Crippen molar-refractivity contribution < 1.29 is 18.7 Å². The average molecular weight is 238 g/mol. The topological polar surface area (TPSA) is 38.8 Å². The molecule has 0 N–H and O–H groups in total. The highest BCUT2D eigenvalue weighted by Gasteiger charge is 2.48. The molecule has 0 unspecified atom stereocenters. The van der Waals surface area contributed by atoms with Crippen molar-refractivity contribution >= 4 is 5.97 Å². The van der Waals surface area contributed by atoms with E-state index < -0.39 is 11.7 Å². The number of carbonyl (C=O) groups excluding carboxylic acids is 1. The molecule has 1 aliphatic rings. The molecule has 1 aliphatic heterocycles. The number of hydrogen-bond donors (Lipinski definition) is 0. The lowest BCUT2D eigenvalue weighted by molar-refractivity contribution is -0.156. The van der Waals surface area contributed by atoms with E-state index in [4.69, 9.17) is 9.47 Å². The maximum absolute atomic E-state index is 12.7. The number of epoxide rings is 1. The zero-order chi connectivity index (χ0) is 12.6. The van der Waals surface area contributed by atoms with Gasteiger partial charge in [0.1, 0.15) is 17.5 Å². The lowest BCUT2D eigenvalue weighted by Crippen LogP contribution is -2.26. The highest BCUT2D eigenvalue weighted by atomic mass is 19.1. The van der Waals surface area contributed by atoms with Crippen molar-refractivity contribution in [1.29, 1.82) is 0 Å². The maximum Gasteiger partial charge on any atom is 0.338 e. The molecule has 0 aromatic heterocycles. The molecule has 0 spiro atoms. The van der Waals surface area contributed by atoms with Crippen molar-refractivity contribution in [3.05, 3.63) is 35.6 Å². The van der Waals surface area contributed by atoms with Crippen LogP contribution in [0.25, 0.3) is 0 Å². The molecule has 17 heavy (non-hydrogen) atoms. The predicted molar refractivity (Wildman–Crippen MR) is 59.9 cm³/mol. The third-order valence-corrected chi connectivity index (χ3v) is 2.33. The third kappa shape index (κ3) is 3.03. The molecule has 1 saturated heterocycles. The first-order valence-electron chi connectivity index (χ1n) is 5.50. The monoisotopic (exact) mass is 238 g/mol. The standard InChI is InChI=1S/C13H15FO3/c1-13(2,3)17-12(15)11-10(16-11)8-4-6-9(14)7-5-8/h4-7,10-11H,1-3H3/t10-,11-/m1/s1. The summed E-state index contributed by atoms with van der Waals surface area (Å²) >= 11 is 0. The minimum Gasteiger partial charge on any atom is -0.458 e. The van der Waals surface area contributed by atoms with E-state index in [1.165, 1.54) is 12.1 Å². The Morgan fingerprint density at radius 2 is 1.88 bits per heavy atom. The van der Waals surface area contributed by atoms with Gasteiger partial charge in [0.15, 0.2) is 6.10 Å². The Bertz CT molecular complexity index is 419. The molecule has 0 saturated carbocycles. The van der Waals surface area contributed by atoms with Crippen molar-refractivity contribution in [3.8, 4) is 0 Å². The Balaban J connectivity index is 1.96. The Kier molecular flexibility index (Phi) is 2.91. The van der Waals surface area contributed by atoms with Crippen LogP contribution in [0, 0.1) is 5.82 Å². The van der Waals surface area contributed by atoms with Crippen LogP contribution in [0.5, 0.6) is 0 Å². The molecule has 4 heteroatoms. The Morgan fingerprint density at radius 1 is 1.29 bits per heavy atom. The molecule has 1 heterocycles. The first kappa shape index (κ1) is 12.0. The fourth-order valence-corrected chi connectivity index (χ4v) is 1.56. The molecule has 2 atom stereocenters. The summed E-state index contributed by atoms with van der Waals surface area (Å²) in [5.74, 6) is -0.671. The fraction of sp³-hybridized carbons (Fsp3) is 0.462. The van der Waals surface area contributed by atoms with Gasteiger partial charge in [-0.3, -0.25) is 0 Å². The molecular formula is C13H15FO3. The molecule has 92 valence electrons. The van der Waals surface area contributed by atoms with E-state index in [9.17, 15) is 9.18 Å². The second-order valence-electron chi connectivity index (χ2n) is 5.06. The number of halogens is 1. The molecule has 0 radical (unpaired) electrons. The first-order chi connectivity index (χ1) is 7.87. The highest BCUT2D eigenvalue weighted by Crippen LogP contribution is 2.39. The van der Waals surface area contributed by atoms with Crippen molar-refractivity contribution in [2.75, 3.05) is 0 Å². The lowest BCUT2D eigenvalue weighted by atomic mass is 10.1. The fourth-order valence-electron chi connectivity index (χ4n) is 1.56. The SMILES string of the molecule is CC(C)(C)OC(=O)[C@@H]1O[C@@H]1c1ccc(F)cc1. The third-order valence-electron chi connectivity index (χ3n) is 2.33. The molecule has 2 rings (SSSR count). The van der Waals surface area contributed by atoms with Gasteiger partial charge in [0, 0.05) is 0 Å². The van der Waals surface area contributed by atoms with Crippen LogP contribution in [0.15, 0.2) is 24.3 Å². The maximum atomic E-state index is 12.7. The van der Waals surface area contributed by atoms with Crippen LogP contribution in [0.2, 0.25) is 0 Å². The van der Waals surface area contributed by atoms with Crippen LogP contribution < -0.4 is 0 Å². The van der Waals surface area contributed by atoms with E-state index in [1.807, 2.05) is 0 Å². The summed E-state index contributed by atoms with van der Waals surface area (Å²) in [7, 11) is 0. The minimum absolute atomic E-state index is 0.301. The average Bonchev–Trinajstić information content (AvgIpc) is 2.96. The lowest BCUT2D eigenvalue weighted by Gasteiger charge is -2.18. The van der Waals surface area contributed by atoms with E-state index in [-0.39, 0.29) is 17.9 Å². The van der Waals surface area contributed by atoms with E-state index in [0.717, 1.165) is 5.56 Å². The van der Waals surface area contributed by atoms with E-state index in [2.05, 4.69) is 0 Å². The second kappa shape index (κ2) is 4.11. The molecule has 1 aromatic rings. The van der Waals surface area contributed by atoms with E-state index in [0.29, 0.717) is 0 Å². The van der Waals surface area contributed by atoms with Crippen LogP contribution >= 0.6 is 0 Å². The van der Waals surface area contributed by atoms with E-state index in [1.54, 1.807) is 32.9 Å². The molecule has 0 amide bonds. The van der Waals surface area contributed by atoms with Gasteiger partial charge in [-0.1, -0.05) is 12.1 Å². The molecule has 0 aliphatic carbocycles. The Labute approximate surface area is 99.5 Å². The van der Waals surface area contributed by atoms with Gasteiger partial charge in [-0.15, -0.1) is 0 Å². The summed E-state index contributed by atoms with van der Waals surface area (Å²) in [5.41, 5.74) is 0.276. The van der Waals surface area contributed by atoms with Gasteiger partial charge < -0.3 is 9.47 Å².